The minimum atomic E-state index is -0.134. The SMILES string of the molecule is CCNC(=O)CCC(=O)NCCOCCOCCNC. The number of amides is 2. The van der Waals surface area contributed by atoms with Gasteiger partial charge in [0.05, 0.1) is 26.4 Å². The Bertz CT molecular complexity index is 262. The average Bonchev–Trinajstić information content (AvgIpc) is 2.43. The molecule has 118 valence electrons. The van der Waals surface area contributed by atoms with Gasteiger partial charge >= 0.3 is 0 Å². The van der Waals surface area contributed by atoms with Gasteiger partial charge in [0.15, 0.2) is 0 Å². The summed E-state index contributed by atoms with van der Waals surface area (Å²) in [5.41, 5.74) is 0. The summed E-state index contributed by atoms with van der Waals surface area (Å²) in [5.74, 6) is -0.234. The molecule has 7 heteroatoms. The highest BCUT2D eigenvalue weighted by Crippen LogP contribution is 1.88. The zero-order chi connectivity index (χ0) is 15.1. The Morgan fingerprint density at radius 3 is 1.95 bits per heavy atom. The summed E-state index contributed by atoms with van der Waals surface area (Å²) in [5, 5.41) is 8.32. The number of rotatable bonds is 13. The molecule has 3 N–H and O–H groups in total. The Balaban J connectivity index is 3.25. The molecule has 0 atom stereocenters. The number of hydrogen-bond donors (Lipinski definition) is 3. The Morgan fingerprint density at radius 1 is 0.850 bits per heavy atom. The molecule has 0 aliphatic rings. The second-order valence-electron chi connectivity index (χ2n) is 4.13. The first-order valence-corrected chi connectivity index (χ1v) is 7.04. The molecule has 0 radical (unpaired) electrons. The molecule has 0 unspecified atom stereocenters. The van der Waals surface area contributed by atoms with Crippen LogP contribution < -0.4 is 16.0 Å². The van der Waals surface area contributed by atoms with E-state index in [1.807, 2.05) is 14.0 Å². The van der Waals surface area contributed by atoms with Crippen molar-refractivity contribution in [2.24, 2.45) is 0 Å². The quantitative estimate of drug-likeness (QED) is 0.389. The lowest BCUT2D eigenvalue weighted by atomic mass is 10.3. The van der Waals surface area contributed by atoms with Gasteiger partial charge in [-0.25, -0.2) is 0 Å². The van der Waals surface area contributed by atoms with Crippen molar-refractivity contribution in [2.75, 3.05) is 53.1 Å². The fourth-order valence-electron chi connectivity index (χ4n) is 1.36. The van der Waals surface area contributed by atoms with Crippen molar-refractivity contribution >= 4 is 11.8 Å². The van der Waals surface area contributed by atoms with Crippen LogP contribution in [0.1, 0.15) is 19.8 Å². The summed E-state index contributed by atoms with van der Waals surface area (Å²) in [7, 11) is 1.87. The van der Waals surface area contributed by atoms with Crippen LogP contribution in [0.25, 0.3) is 0 Å². The normalized spacial score (nSPS) is 10.3. The third-order valence-electron chi connectivity index (χ3n) is 2.39. The summed E-state index contributed by atoms with van der Waals surface area (Å²) in [6.07, 6.45) is 0.429. The second kappa shape index (κ2) is 14.2. The highest BCUT2D eigenvalue weighted by atomic mass is 16.5. The molecule has 0 fully saturated rings. The average molecular weight is 289 g/mol. The predicted molar refractivity (Wildman–Crippen MR) is 76.5 cm³/mol. The maximum Gasteiger partial charge on any atom is 0.220 e. The van der Waals surface area contributed by atoms with Gasteiger partial charge < -0.3 is 25.4 Å². The Labute approximate surface area is 120 Å². The highest BCUT2D eigenvalue weighted by molar-refractivity contribution is 5.83. The first-order chi connectivity index (χ1) is 9.70. The van der Waals surface area contributed by atoms with Crippen LogP contribution >= 0.6 is 0 Å². The molecule has 0 saturated heterocycles. The van der Waals surface area contributed by atoms with E-state index in [0.717, 1.165) is 6.54 Å². The molecule has 0 aromatic heterocycles. The van der Waals surface area contributed by atoms with E-state index in [2.05, 4.69) is 16.0 Å². The van der Waals surface area contributed by atoms with Gasteiger partial charge in [-0.1, -0.05) is 0 Å². The molecule has 0 saturated carbocycles. The Kier molecular flexibility index (Phi) is 13.4. The maximum absolute atomic E-state index is 11.4. The van der Waals surface area contributed by atoms with Crippen molar-refractivity contribution in [1.29, 1.82) is 0 Å². The molecule has 0 rings (SSSR count). The molecule has 0 spiro atoms. The molecular weight excluding hydrogens is 262 g/mol. The Morgan fingerprint density at radius 2 is 1.40 bits per heavy atom. The Hall–Kier alpha value is -1.18. The van der Waals surface area contributed by atoms with Crippen LogP contribution in [0.2, 0.25) is 0 Å². The predicted octanol–water partition coefficient (Wildman–Crippen LogP) is -0.728. The number of likely N-dealkylation sites (N-methyl/N-ethyl adjacent to an activating group) is 1. The number of nitrogens with one attached hydrogen (secondary N) is 3. The zero-order valence-corrected chi connectivity index (χ0v) is 12.5. The van der Waals surface area contributed by atoms with Crippen molar-refractivity contribution in [1.82, 2.24) is 16.0 Å². The van der Waals surface area contributed by atoms with Crippen LogP contribution in [0.5, 0.6) is 0 Å². The van der Waals surface area contributed by atoms with Crippen molar-refractivity contribution < 1.29 is 19.1 Å². The molecule has 0 aliphatic heterocycles. The van der Waals surface area contributed by atoms with Gasteiger partial charge in [-0.2, -0.15) is 0 Å². The third kappa shape index (κ3) is 13.3. The molecule has 0 aromatic rings. The highest BCUT2D eigenvalue weighted by Gasteiger charge is 2.05. The molecule has 20 heavy (non-hydrogen) atoms. The van der Waals surface area contributed by atoms with Crippen LogP contribution in [-0.4, -0.2) is 64.9 Å². The van der Waals surface area contributed by atoms with E-state index in [9.17, 15) is 9.59 Å². The maximum atomic E-state index is 11.4. The first-order valence-electron chi connectivity index (χ1n) is 7.04. The minimum Gasteiger partial charge on any atom is -0.378 e. The number of ether oxygens (including phenoxy) is 2. The zero-order valence-electron chi connectivity index (χ0n) is 12.5. The van der Waals surface area contributed by atoms with E-state index in [0.29, 0.717) is 39.5 Å². The van der Waals surface area contributed by atoms with E-state index in [1.54, 1.807) is 0 Å². The van der Waals surface area contributed by atoms with E-state index in [1.165, 1.54) is 0 Å². The van der Waals surface area contributed by atoms with Gasteiger partial charge in [0, 0.05) is 32.5 Å². The van der Waals surface area contributed by atoms with Crippen LogP contribution in [0.15, 0.2) is 0 Å². The van der Waals surface area contributed by atoms with Gasteiger partial charge in [-0.05, 0) is 14.0 Å². The van der Waals surface area contributed by atoms with Gasteiger partial charge in [0.1, 0.15) is 0 Å². The molecule has 0 aromatic carbocycles. The smallest absolute Gasteiger partial charge is 0.220 e. The summed E-state index contributed by atoms with van der Waals surface area (Å²) in [6, 6.07) is 0. The van der Waals surface area contributed by atoms with E-state index in [-0.39, 0.29) is 24.7 Å². The van der Waals surface area contributed by atoms with Gasteiger partial charge in [-0.15, -0.1) is 0 Å². The fraction of sp³-hybridized carbons (Fsp3) is 0.846. The molecule has 7 nitrogen and oxygen atoms in total. The number of carbonyl (C=O) groups is 2. The largest absolute Gasteiger partial charge is 0.378 e. The van der Waals surface area contributed by atoms with E-state index in [4.69, 9.17) is 9.47 Å². The van der Waals surface area contributed by atoms with Gasteiger partial charge in [0.25, 0.3) is 0 Å². The summed E-state index contributed by atoms with van der Waals surface area (Å²) in [6.45, 7) is 5.87. The molecule has 0 aliphatic carbocycles. The third-order valence-corrected chi connectivity index (χ3v) is 2.39. The minimum absolute atomic E-state index is 0.0994. The van der Waals surface area contributed by atoms with Gasteiger partial charge in [0.2, 0.25) is 11.8 Å². The molecule has 0 bridgehead atoms. The summed E-state index contributed by atoms with van der Waals surface area (Å²) >= 11 is 0. The van der Waals surface area contributed by atoms with Crippen molar-refractivity contribution in [3.8, 4) is 0 Å². The summed E-state index contributed by atoms with van der Waals surface area (Å²) in [4.78, 5) is 22.5. The lowest BCUT2D eigenvalue weighted by molar-refractivity contribution is -0.126. The van der Waals surface area contributed by atoms with Crippen LogP contribution in [-0.2, 0) is 19.1 Å². The van der Waals surface area contributed by atoms with Crippen LogP contribution in [0, 0.1) is 0 Å². The first kappa shape index (κ1) is 18.8. The van der Waals surface area contributed by atoms with E-state index < -0.39 is 0 Å². The molecule has 2 amide bonds. The van der Waals surface area contributed by atoms with Crippen molar-refractivity contribution in [3.63, 3.8) is 0 Å². The lowest BCUT2D eigenvalue weighted by Gasteiger charge is -2.07. The fourth-order valence-corrected chi connectivity index (χ4v) is 1.36. The standard InChI is InChI=1S/C13H27N3O4/c1-3-15-12(17)4-5-13(18)16-7-9-20-11-10-19-8-6-14-2/h14H,3-11H2,1-2H3,(H,15,17)(H,16,18). The monoisotopic (exact) mass is 289 g/mol. The van der Waals surface area contributed by atoms with Crippen molar-refractivity contribution in [3.05, 3.63) is 0 Å². The van der Waals surface area contributed by atoms with Gasteiger partial charge in [-0.3, -0.25) is 9.59 Å². The number of hydrogen-bond acceptors (Lipinski definition) is 5. The lowest BCUT2D eigenvalue weighted by Crippen LogP contribution is -2.30. The van der Waals surface area contributed by atoms with Crippen molar-refractivity contribution in [2.45, 2.75) is 19.8 Å². The van der Waals surface area contributed by atoms with E-state index >= 15 is 0 Å². The van der Waals surface area contributed by atoms with Crippen LogP contribution in [0.3, 0.4) is 0 Å². The summed E-state index contributed by atoms with van der Waals surface area (Å²) < 4.78 is 10.6. The molecule has 0 heterocycles. The topological polar surface area (TPSA) is 88.7 Å². The number of carbonyl (C=O) groups excluding carboxylic acids is 2. The second-order valence-corrected chi connectivity index (χ2v) is 4.13. The van der Waals surface area contributed by atoms with Crippen LogP contribution in [0.4, 0.5) is 0 Å². The molecular formula is C13H27N3O4.